The van der Waals surface area contributed by atoms with Gasteiger partial charge in [-0.1, -0.05) is 6.08 Å². The van der Waals surface area contributed by atoms with Crippen LogP contribution in [0, 0.1) is 0 Å². The van der Waals surface area contributed by atoms with Crippen LogP contribution in [0.1, 0.15) is 64.7 Å². The maximum Gasteiger partial charge on any atom is 0.334 e. The molecule has 0 bridgehead atoms. The molecule has 0 aliphatic heterocycles. The summed E-state index contributed by atoms with van der Waals surface area (Å²) in [6.45, 7) is 2.22. The SMILES string of the molecule is CCOC(=O)/C1=C(\C2=CCCCC2)CC(=O)CCCC1. The summed E-state index contributed by atoms with van der Waals surface area (Å²) in [5.74, 6) is 0.0386. The number of ketones is 1. The van der Waals surface area contributed by atoms with Crippen LogP contribution in [0.2, 0.25) is 0 Å². The largest absolute Gasteiger partial charge is 0.463 e. The van der Waals surface area contributed by atoms with Crippen LogP contribution in [-0.2, 0) is 14.3 Å². The van der Waals surface area contributed by atoms with Crippen LogP contribution in [0.15, 0.2) is 22.8 Å². The lowest BCUT2D eigenvalue weighted by molar-refractivity contribution is -0.138. The maximum absolute atomic E-state index is 12.2. The molecule has 0 unspecified atom stereocenters. The van der Waals surface area contributed by atoms with Crippen molar-refractivity contribution in [2.45, 2.75) is 64.7 Å². The van der Waals surface area contributed by atoms with Crippen molar-refractivity contribution in [1.82, 2.24) is 0 Å². The molecule has 0 radical (unpaired) electrons. The molecular formula is C17H24O3. The number of allylic oxidation sites excluding steroid dienone is 3. The summed E-state index contributed by atoms with van der Waals surface area (Å²) >= 11 is 0. The highest BCUT2D eigenvalue weighted by Gasteiger charge is 2.23. The molecule has 0 saturated heterocycles. The molecule has 2 aliphatic carbocycles. The van der Waals surface area contributed by atoms with Gasteiger partial charge in [-0.2, -0.15) is 0 Å². The molecule has 0 amide bonds. The van der Waals surface area contributed by atoms with E-state index in [0.717, 1.165) is 49.7 Å². The fraction of sp³-hybridized carbons (Fsp3) is 0.647. The Kier molecular flexibility index (Phi) is 5.57. The lowest BCUT2D eigenvalue weighted by Gasteiger charge is -2.21. The van der Waals surface area contributed by atoms with Crippen LogP contribution in [0.25, 0.3) is 0 Å². The van der Waals surface area contributed by atoms with Crippen LogP contribution in [0.4, 0.5) is 0 Å². The highest BCUT2D eigenvalue weighted by atomic mass is 16.5. The zero-order valence-corrected chi connectivity index (χ0v) is 12.4. The first-order valence-electron chi connectivity index (χ1n) is 7.82. The van der Waals surface area contributed by atoms with E-state index >= 15 is 0 Å². The Morgan fingerprint density at radius 3 is 2.60 bits per heavy atom. The molecule has 0 N–H and O–H groups in total. The Balaban J connectivity index is 2.35. The Morgan fingerprint density at radius 1 is 1.15 bits per heavy atom. The molecule has 110 valence electrons. The third-order valence-electron chi connectivity index (χ3n) is 4.07. The van der Waals surface area contributed by atoms with Gasteiger partial charge in [0.1, 0.15) is 5.78 Å². The van der Waals surface area contributed by atoms with E-state index in [4.69, 9.17) is 4.74 Å². The molecule has 3 nitrogen and oxygen atoms in total. The van der Waals surface area contributed by atoms with Gasteiger partial charge in [-0.3, -0.25) is 4.79 Å². The fourth-order valence-electron chi connectivity index (χ4n) is 3.03. The summed E-state index contributed by atoms with van der Waals surface area (Å²) in [5.41, 5.74) is 2.95. The minimum absolute atomic E-state index is 0.219. The third kappa shape index (κ3) is 3.81. The van der Waals surface area contributed by atoms with Crippen molar-refractivity contribution in [2.24, 2.45) is 0 Å². The van der Waals surface area contributed by atoms with Crippen LogP contribution in [-0.4, -0.2) is 18.4 Å². The molecule has 0 aromatic carbocycles. The minimum Gasteiger partial charge on any atom is -0.463 e. The van der Waals surface area contributed by atoms with Crippen molar-refractivity contribution in [3.63, 3.8) is 0 Å². The van der Waals surface area contributed by atoms with E-state index in [0.29, 0.717) is 19.4 Å². The van der Waals surface area contributed by atoms with Gasteiger partial charge < -0.3 is 4.74 Å². The lowest BCUT2D eigenvalue weighted by Crippen LogP contribution is -2.16. The summed E-state index contributed by atoms with van der Waals surface area (Å²) in [5, 5.41) is 0. The number of carbonyl (C=O) groups is 2. The summed E-state index contributed by atoms with van der Waals surface area (Å²) < 4.78 is 5.20. The number of carbonyl (C=O) groups excluding carboxylic acids is 2. The van der Waals surface area contributed by atoms with Crippen LogP contribution >= 0.6 is 0 Å². The summed E-state index contributed by atoms with van der Waals surface area (Å²) in [6.07, 6.45) is 10.2. The van der Waals surface area contributed by atoms with Crippen molar-refractivity contribution in [1.29, 1.82) is 0 Å². The van der Waals surface area contributed by atoms with E-state index in [1.54, 1.807) is 0 Å². The van der Waals surface area contributed by atoms with E-state index in [2.05, 4.69) is 6.08 Å². The molecule has 3 heteroatoms. The Bertz CT molecular complexity index is 443. The summed E-state index contributed by atoms with van der Waals surface area (Å²) in [6, 6.07) is 0. The van der Waals surface area contributed by atoms with Gasteiger partial charge in [0.05, 0.1) is 6.61 Å². The molecule has 0 fully saturated rings. The van der Waals surface area contributed by atoms with E-state index in [-0.39, 0.29) is 11.8 Å². The number of hydrogen-bond acceptors (Lipinski definition) is 3. The lowest BCUT2D eigenvalue weighted by atomic mass is 9.84. The van der Waals surface area contributed by atoms with Gasteiger partial charge in [0.15, 0.2) is 0 Å². The standard InChI is InChI=1S/C17H24O3/c1-2-20-17(19)15-11-7-6-10-14(18)12-16(15)13-8-4-3-5-9-13/h8H,2-7,9-12H2,1H3/b16-15-. The van der Waals surface area contributed by atoms with Crippen LogP contribution in [0.5, 0.6) is 0 Å². The predicted molar refractivity (Wildman–Crippen MR) is 78.3 cm³/mol. The van der Waals surface area contributed by atoms with E-state index < -0.39 is 0 Å². The van der Waals surface area contributed by atoms with Crippen molar-refractivity contribution in [3.8, 4) is 0 Å². The van der Waals surface area contributed by atoms with Crippen molar-refractivity contribution in [3.05, 3.63) is 22.8 Å². The monoisotopic (exact) mass is 276 g/mol. The number of ether oxygens (including phenoxy) is 1. The van der Waals surface area contributed by atoms with Gasteiger partial charge in [-0.05, 0) is 63.0 Å². The zero-order valence-electron chi connectivity index (χ0n) is 12.4. The average Bonchev–Trinajstić information content (AvgIpc) is 2.44. The zero-order chi connectivity index (χ0) is 14.4. The number of rotatable bonds is 3. The summed E-state index contributed by atoms with van der Waals surface area (Å²) in [7, 11) is 0. The first-order chi connectivity index (χ1) is 9.72. The molecule has 0 aromatic heterocycles. The highest BCUT2D eigenvalue weighted by molar-refractivity contribution is 5.93. The van der Waals surface area contributed by atoms with Gasteiger partial charge in [-0.25, -0.2) is 4.79 Å². The smallest absolute Gasteiger partial charge is 0.334 e. The first-order valence-corrected chi connectivity index (χ1v) is 7.82. The topological polar surface area (TPSA) is 43.4 Å². The van der Waals surface area contributed by atoms with Gasteiger partial charge in [0.2, 0.25) is 0 Å². The van der Waals surface area contributed by atoms with E-state index in [1.807, 2.05) is 6.92 Å². The Labute approximate surface area is 121 Å². The molecule has 0 aromatic rings. The fourth-order valence-corrected chi connectivity index (χ4v) is 3.03. The Morgan fingerprint density at radius 2 is 1.90 bits per heavy atom. The summed E-state index contributed by atoms with van der Waals surface area (Å²) in [4.78, 5) is 24.2. The maximum atomic E-state index is 12.2. The van der Waals surface area contributed by atoms with Gasteiger partial charge >= 0.3 is 5.97 Å². The Hall–Kier alpha value is -1.38. The molecule has 20 heavy (non-hydrogen) atoms. The van der Waals surface area contributed by atoms with Gasteiger partial charge in [0, 0.05) is 18.4 Å². The van der Waals surface area contributed by atoms with Gasteiger partial charge in [-0.15, -0.1) is 0 Å². The van der Waals surface area contributed by atoms with Crippen LogP contribution < -0.4 is 0 Å². The first kappa shape index (κ1) is 15.0. The molecule has 0 heterocycles. The third-order valence-corrected chi connectivity index (χ3v) is 4.07. The van der Waals surface area contributed by atoms with E-state index in [1.165, 1.54) is 12.0 Å². The quantitative estimate of drug-likeness (QED) is 0.735. The normalized spacial score (nSPS) is 24.6. The predicted octanol–water partition coefficient (Wildman–Crippen LogP) is 3.88. The molecule has 2 aliphatic rings. The molecule has 0 atom stereocenters. The van der Waals surface area contributed by atoms with Crippen molar-refractivity contribution < 1.29 is 14.3 Å². The second-order valence-corrected chi connectivity index (χ2v) is 5.58. The van der Waals surface area contributed by atoms with Crippen molar-refractivity contribution in [2.75, 3.05) is 6.61 Å². The highest BCUT2D eigenvalue weighted by Crippen LogP contribution is 2.32. The van der Waals surface area contributed by atoms with Gasteiger partial charge in [0.25, 0.3) is 0 Å². The van der Waals surface area contributed by atoms with Crippen LogP contribution in [0.3, 0.4) is 0 Å². The molecule has 0 saturated carbocycles. The minimum atomic E-state index is -0.219. The average molecular weight is 276 g/mol. The second-order valence-electron chi connectivity index (χ2n) is 5.58. The molecular weight excluding hydrogens is 252 g/mol. The second kappa shape index (κ2) is 7.41. The van der Waals surface area contributed by atoms with E-state index in [9.17, 15) is 9.59 Å². The number of Topliss-reactive ketones (excluding diaryl/α,β-unsaturated/α-hetero) is 1. The number of hydrogen-bond donors (Lipinski definition) is 0. The molecule has 0 spiro atoms. The molecule has 2 rings (SSSR count). The van der Waals surface area contributed by atoms with Crippen molar-refractivity contribution >= 4 is 11.8 Å². The number of esters is 1.